The number of hydrogen-bond donors (Lipinski definition) is 6. The largest absolute Gasteiger partial charge is 0.444 e. The van der Waals surface area contributed by atoms with Crippen molar-refractivity contribution in [2.75, 3.05) is 27.2 Å². The zero-order valence-corrected chi connectivity index (χ0v) is 32.3. The Balaban J connectivity index is 1.82. The lowest BCUT2D eigenvalue weighted by atomic mass is 9.79. The van der Waals surface area contributed by atoms with Crippen LogP contribution < -0.4 is 16.0 Å². The molecular weight excluding hydrogens is 668 g/mol. The molecule has 12 atom stereocenters. The summed E-state index contributed by atoms with van der Waals surface area (Å²) < 4.78 is 35.8. The van der Waals surface area contributed by atoms with E-state index in [1.165, 1.54) is 7.05 Å². The van der Waals surface area contributed by atoms with Crippen molar-refractivity contribution < 1.29 is 58.1 Å². The fourth-order valence-corrected chi connectivity index (χ4v) is 6.61. The van der Waals surface area contributed by atoms with E-state index in [0.717, 1.165) is 11.3 Å². The van der Waals surface area contributed by atoms with Crippen LogP contribution in [0.2, 0.25) is 0 Å². The van der Waals surface area contributed by atoms with Crippen molar-refractivity contribution in [1.29, 1.82) is 0 Å². The second-order valence-electron chi connectivity index (χ2n) is 16.4. The first kappa shape index (κ1) is 43.1. The van der Waals surface area contributed by atoms with Gasteiger partial charge < -0.3 is 64.6 Å². The Morgan fingerprint density at radius 1 is 0.980 bits per heavy atom. The van der Waals surface area contributed by atoms with E-state index in [9.17, 15) is 29.7 Å². The van der Waals surface area contributed by atoms with Crippen molar-refractivity contribution in [2.45, 2.75) is 172 Å². The first-order valence-electron chi connectivity index (χ1n) is 18.1. The van der Waals surface area contributed by atoms with Crippen LogP contribution in [0.15, 0.2) is 0 Å². The molecule has 1 saturated carbocycles. The van der Waals surface area contributed by atoms with Crippen LogP contribution in [0.3, 0.4) is 0 Å². The Morgan fingerprint density at radius 3 is 2.22 bits per heavy atom. The fourth-order valence-electron chi connectivity index (χ4n) is 6.61. The summed E-state index contributed by atoms with van der Waals surface area (Å²) >= 11 is 0. The molecule has 0 radical (unpaired) electrons. The Hall–Kier alpha value is -2.31. The van der Waals surface area contributed by atoms with Gasteiger partial charge in [0.15, 0.2) is 12.6 Å². The third kappa shape index (κ3) is 12.7. The monoisotopic (exact) mass is 732 g/mol. The minimum absolute atomic E-state index is 0.0403. The smallest absolute Gasteiger partial charge is 0.410 e. The molecule has 2 saturated heterocycles. The molecular formula is C35H64N4O12. The Labute approximate surface area is 302 Å². The number of aliphatic hydroxyl groups excluding tert-OH is 2. The lowest BCUT2D eigenvalue weighted by Gasteiger charge is -2.48. The highest BCUT2D eigenvalue weighted by Crippen LogP contribution is 2.35. The van der Waals surface area contributed by atoms with Gasteiger partial charge in [-0.15, -0.1) is 0 Å². The number of nitrogens with zero attached hydrogens (tertiary/aromatic N) is 1. The first-order chi connectivity index (χ1) is 23.5. The molecule has 0 aromatic carbocycles. The van der Waals surface area contributed by atoms with E-state index in [2.05, 4.69) is 16.0 Å². The highest BCUT2D eigenvalue weighted by Gasteiger charge is 2.50. The van der Waals surface area contributed by atoms with E-state index in [0.29, 0.717) is 12.8 Å². The number of nitrogens with one attached hydrogen (secondary N) is 3. The van der Waals surface area contributed by atoms with Gasteiger partial charge in [-0.05, 0) is 87.1 Å². The summed E-state index contributed by atoms with van der Waals surface area (Å²) in [6.07, 6.45) is -5.60. The lowest BCUT2D eigenvalue weighted by Crippen LogP contribution is -2.64. The van der Waals surface area contributed by atoms with Gasteiger partial charge in [-0.3, -0.25) is 4.79 Å². The fraction of sp³-hybridized carbons (Fsp3) is 0.914. The third-order valence-electron chi connectivity index (χ3n) is 9.34. The summed E-state index contributed by atoms with van der Waals surface area (Å²) in [5.41, 5.74) is -2.63. The van der Waals surface area contributed by atoms with E-state index in [1.807, 2.05) is 13.8 Å². The maximum absolute atomic E-state index is 13.3. The molecule has 0 aromatic heterocycles. The number of ether oxygens (including phenoxy) is 6. The highest BCUT2D eigenvalue weighted by atomic mass is 16.7. The van der Waals surface area contributed by atoms with Gasteiger partial charge in [0, 0.05) is 19.5 Å². The summed E-state index contributed by atoms with van der Waals surface area (Å²) in [6, 6.07) is -1.76. The molecule has 5 unspecified atom stereocenters. The van der Waals surface area contributed by atoms with Crippen LogP contribution in [0, 0.1) is 5.92 Å². The molecule has 3 fully saturated rings. The molecule has 3 aliphatic rings. The minimum atomic E-state index is -1.61. The van der Waals surface area contributed by atoms with Crippen molar-refractivity contribution in [2.24, 2.45) is 5.92 Å². The third-order valence-corrected chi connectivity index (χ3v) is 9.34. The van der Waals surface area contributed by atoms with Gasteiger partial charge in [0.1, 0.15) is 35.1 Å². The van der Waals surface area contributed by atoms with E-state index >= 15 is 0 Å². The van der Waals surface area contributed by atoms with Crippen molar-refractivity contribution in [1.82, 2.24) is 20.9 Å². The summed E-state index contributed by atoms with van der Waals surface area (Å²) in [4.78, 5) is 39.7. The van der Waals surface area contributed by atoms with Gasteiger partial charge in [0.2, 0.25) is 0 Å². The summed E-state index contributed by atoms with van der Waals surface area (Å²) in [6.45, 7) is 15.6. The van der Waals surface area contributed by atoms with Crippen LogP contribution in [0.4, 0.5) is 9.59 Å². The number of aliphatic hydroxyl groups is 3. The van der Waals surface area contributed by atoms with Crippen LogP contribution in [0.5, 0.6) is 0 Å². The number of amides is 3. The molecule has 2 heterocycles. The van der Waals surface area contributed by atoms with Crippen LogP contribution in [0.25, 0.3) is 0 Å². The van der Waals surface area contributed by atoms with Crippen molar-refractivity contribution in [3.8, 4) is 0 Å². The molecule has 1 aliphatic carbocycles. The maximum atomic E-state index is 13.3. The van der Waals surface area contributed by atoms with E-state index in [1.54, 1.807) is 55.5 Å². The standard InChI is InChI=1S/C35H64N4O12/c1-12-20-13-14-21(38-31(43)50-33(3,4)5)30(47-20)49-27-19(2)15-22(37-29(42)23(40)17-39(11)32(44)51-34(6,7)8)28(26(27)41)48-25-16-24(36-10)35(9,45)18-46-25/h19-28,30,36,40-41,45H,12-18H2,1-11H3,(H,37,42)(H,38,43)/t19-,20+,21?,22+,23-,24+,25+,26?,27?,28?,30+,35?/m0/s1. The maximum Gasteiger partial charge on any atom is 0.410 e. The van der Waals surface area contributed by atoms with Gasteiger partial charge in [-0.25, -0.2) is 9.59 Å². The Kier molecular flexibility index (Phi) is 14.9. The van der Waals surface area contributed by atoms with Gasteiger partial charge in [-0.1, -0.05) is 13.8 Å². The predicted molar refractivity (Wildman–Crippen MR) is 186 cm³/mol. The van der Waals surface area contributed by atoms with Crippen LogP contribution in [0.1, 0.15) is 94.4 Å². The van der Waals surface area contributed by atoms with Crippen LogP contribution in [-0.4, -0.2) is 144 Å². The normalized spacial score (nSPS) is 35.3. The van der Waals surface area contributed by atoms with E-state index in [-0.39, 0.29) is 44.1 Å². The Bertz CT molecular complexity index is 1160. The number of carbonyl (C=O) groups excluding carboxylic acids is 3. The number of hydrogen-bond acceptors (Lipinski definition) is 13. The molecule has 2 aliphatic heterocycles. The number of alkyl carbamates (subject to hydrolysis) is 1. The first-order valence-corrected chi connectivity index (χ1v) is 18.1. The van der Waals surface area contributed by atoms with Gasteiger partial charge in [0.05, 0.1) is 37.4 Å². The molecule has 16 nitrogen and oxygen atoms in total. The molecule has 16 heteroatoms. The SMILES string of the molecule is CC[C@@H]1CCC(NC(=O)OC(C)(C)C)[C@@H](OC2C(O)C(O[C@@H]3C[C@@H](NC)C(C)(O)CO3)[C@H](NC(=O)[C@@H](O)CN(C)C(=O)OC(C)(C)C)C[C@@H]2C)O1. The van der Waals surface area contributed by atoms with Crippen molar-refractivity contribution >= 4 is 18.1 Å². The lowest BCUT2D eigenvalue weighted by molar-refractivity contribution is -0.291. The zero-order valence-electron chi connectivity index (χ0n) is 32.3. The molecule has 0 spiro atoms. The molecule has 3 amide bonds. The second kappa shape index (κ2) is 17.7. The average Bonchev–Trinajstić information content (AvgIpc) is 3.00. The predicted octanol–water partition coefficient (Wildman–Crippen LogP) is 1.76. The molecule has 0 aromatic rings. The number of likely N-dealkylation sites (N-methyl/N-ethyl adjacent to an activating group) is 2. The zero-order chi connectivity index (χ0) is 38.5. The average molecular weight is 733 g/mol. The molecule has 296 valence electrons. The van der Waals surface area contributed by atoms with Gasteiger partial charge in [-0.2, -0.15) is 0 Å². The molecule has 6 N–H and O–H groups in total. The molecule has 0 bridgehead atoms. The van der Waals surface area contributed by atoms with E-state index in [4.69, 9.17) is 28.4 Å². The highest BCUT2D eigenvalue weighted by molar-refractivity contribution is 5.81. The van der Waals surface area contributed by atoms with Crippen LogP contribution >= 0.6 is 0 Å². The van der Waals surface area contributed by atoms with Crippen LogP contribution in [-0.2, 0) is 33.2 Å². The molecule has 3 rings (SSSR count). The van der Waals surface area contributed by atoms with Crippen molar-refractivity contribution in [3.63, 3.8) is 0 Å². The minimum Gasteiger partial charge on any atom is -0.444 e. The number of carbonyl (C=O) groups is 3. The van der Waals surface area contributed by atoms with Gasteiger partial charge >= 0.3 is 12.2 Å². The van der Waals surface area contributed by atoms with Crippen molar-refractivity contribution in [3.05, 3.63) is 0 Å². The summed E-state index contributed by atoms with van der Waals surface area (Å²) in [7, 11) is 3.14. The van der Waals surface area contributed by atoms with E-state index < -0.39 is 84.0 Å². The molecule has 51 heavy (non-hydrogen) atoms. The Morgan fingerprint density at radius 2 is 1.63 bits per heavy atom. The summed E-state index contributed by atoms with van der Waals surface area (Å²) in [5, 5.41) is 42.3. The second-order valence-corrected chi connectivity index (χ2v) is 16.4. The van der Waals surface area contributed by atoms with Gasteiger partial charge in [0.25, 0.3) is 5.91 Å². The number of rotatable bonds is 11. The summed E-state index contributed by atoms with van der Waals surface area (Å²) in [5.74, 6) is -1.14. The topological polar surface area (TPSA) is 207 Å². The quantitative estimate of drug-likeness (QED) is 0.179.